The summed E-state index contributed by atoms with van der Waals surface area (Å²) < 4.78 is -0.0188. The Morgan fingerprint density at radius 3 is 2.18 bits per heavy atom. The van der Waals surface area contributed by atoms with Gasteiger partial charge in [0, 0.05) is 0 Å². The Morgan fingerprint density at radius 1 is 1.09 bits per heavy atom. The summed E-state index contributed by atoms with van der Waals surface area (Å²) in [7, 11) is 7.14. The van der Waals surface area contributed by atoms with Crippen LogP contribution in [0, 0.1) is 0 Å². The van der Waals surface area contributed by atoms with Crippen LogP contribution in [0.2, 0.25) is 0 Å². The number of rotatable bonds is 0. The standard InChI is InChI=1S/C4H8GeS6/c6-4(7)3-10-5(11-4)8-1-2-9-5/h6-7H,1-3H2. The van der Waals surface area contributed by atoms with Crippen molar-refractivity contribution in [3.05, 3.63) is 0 Å². The number of thiol groups is 2. The van der Waals surface area contributed by atoms with Gasteiger partial charge in [0.05, 0.1) is 0 Å². The van der Waals surface area contributed by atoms with Crippen LogP contribution in [0.15, 0.2) is 0 Å². The van der Waals surface area contributed by atoms with Gasteiger partial charge in [0.2, 0.25) is 0 Å². The molecule has 11 heavy (non-hydrogen) atoms. The van der Waals surface area contributed by atoms with Crippen molar-refractivity contribution in [2.24, 2.45) is 0 Å². The van der Waals surface area contributed by atoms with Gasteiger partial charge in [-0.2, -0.15) is 0 Å². The average Bonchev–Trinajstić information content (AvgIpc) is 2.43. The minimum absolute atomic E-state index is 0.0188. The number of hydrogen-bond donors (Lipinski definition) is 2. The molecule has 0 aromatic heterocycles. The molecule has 2 aliphatic heterocycles. The van der Waals surface area contributed by atoms with Gasteiger partial charge in [0.1, 0.15) is 0 Å². The van der Waals surface area contributed by atoms with Crippen molar-refractivity contribution in [1.82, 2.24) is 0 Å². The Morgan fingerprint density at radius 2 is 1.73 bits per heavy atom. The second kappa shape index (κ2) is 3.66. The van der Waals surface area contributed by atoms with Crippen LogP contribution in [-0.2, 0) is 0 Å². The number of hydrogen-bond acceptors (Lipinski definition) is 6. The third kappa shape index (κ3) is 2.36. The fourth-order valence-electron chi connectivity index (χ4n) is 0.959. The van der Waals surface area contributed by atoms with E-state index in [1.807, 2.05) is 0 Å². The second-order valence-electron chi connectivity index (χ2n) is 2.33. The second-order valence-corrected chi connectivity index (χ2v) is 37.3. The molecule has 64 valence electrons. The Bertz CT molecular complexity index is 164. The van der Waals surface area contributed by atoms with Crippen LogP contribution in [0.3, 0.4) is 0 Å². The first-order valence-corrected chi connectivity index (χ1v) is 18.1. The SMILES string of the molecule is SC1(S)C[S][Ge]2([S]CC[S]2)[S]1. The molecule has 0 saturated carbocycles. The van der Waals surface area contributed by atoms with Crippen LogP contribution in [-0.4, -0.2) is 29.4 Å². The van der Waals surface area contributed by atoms with Gasteiger partial charge in [-0.1, -0.05) is 0 Å². The minimum atomic E-state index is -1.59. The van der Waals surface area contributed by atoms with Gasteiger partial charge >= 0.3 is 95.0 Å². The van der Waals surface area contributed by atoms with E-state index >= 15 is 0 Å². The van der Waals surface area contributed by atoms with Gasteiger partial charge in [0.25, 0.3) is 0 Å². The zero-order valence-electron chi connectivity index (χ0n) is 5.65. The van der Waals surface area contributed by atoms with Crippen LogP contribution >= 0.6 is 65.6 Å². The van der Waals surface area contributed by atoms with Crippen molar-refractivity contribution >= 4 is 74.3 Å². The summed E-state index contributed by atoms with van der Waals surface area (Å²) >= 11 is 9.05. The van der Waals surface area contributed by atoms with Gasteiger partial charge < -0.3 is 0 Å². The van der Waals surface area contributed by atoms with Gasteiger partial charge in [-0.25, -0.2) is 0 Å². The molecule has 0 aromatic carbocycles. The molecule has 2 saturated heterocycles. The Hall–Kier alpha value is 2.64. The van der Waals surface area contributed by atoms with Crippen LogP contribution in [0.4, 0.5) is 0 Å². The third-order valence-corrected chi connectivity index (χ3v) is 42.8. The monoisotopic (exact) mass is 322 g/mol. The molecule has 2 rings (SSSR count). The molecule has 0 radical (unpaired) electrons. The molecular formula is C4H8GeS6. The molecular weight excluding hydrogens is 313 g/mol. The molecule has 2 heterocycles. The molecule has 0 N–H and O–H groups in total. The average molecular weight is 321 g/mol. The normalized spacial score (nSPS) is 33.3. The summed E-state index contributed by atoms with van der Waals surface area (Å²) in [6.07, 6.45) is 0. The zero-order chi connectivity index (χ0) is 7.95. The first kappa shape index (κ1) is 10.2. The molecule has 2 aliphatic rings. The molecule has 0 amide bonds. The summed E-state index contributed by atoms with van der Waals surface area (Å²) in [6.45, 7) is 0. The van der Waals surface area contributed by atoms with Crippen molar-refractivity contribution in [3.8, 4) is 0 Å². The summed E-state index contributed by atoms with van der Waals surface area (Å²) in [5.74, 6) is 3.86. The third-order valence-electron chi connectivity index (χ3n) is 1.37. The predicted molar refractivity (Wildman–Crippen MR) is 71.4 cm³/mol. The first-order valence-electron chi connectivity index (χ1n) is 3.19. The van der Waals surface area contributed by atoms with E-state index in [0.717, 1.165) is 5.75 Å². The summed E-state index contributed by atoms with van der Waals surface area (Å²) in [5.41, 5.74) is 0. The van der Waals surface area contributed by atoms with Crippen molar-refractivity contribution < 1.29 is 0 Å². The van der Waals surface area contributed by atoms with Crippen LogP contribution in [0.25, 0.3) is 0 Å². The van der Waals surface area contributed by atoms with E-state index in [-0.39, 0.29) is 3.41 Å². The first-order chi connectivity index (χ1) is 5.12. The van der Waals surface area contributed by atoms with E-state index in [2.05, 4.69) is 65.6 Å². The van der Waals surface area contributed by atoms with Gasteiger partial charge in [0.15, 0.2) is 0 Å². The van der Waals surface area contributed by atoms with Crippen molar-refractivity contribution in [1.29, 1.82) is 0 Å². The maximum atomic E-state index is 4.52. The van der Waals surface area contributed by atoms with E-state index < -0.39 is 8.70 Å². The van der Waals surface area contributed by atoms with E-state index in [4.69, 9.17) is 0 Å². The zero-order valence-corrected chi connectivity index (χ0v) is 12.8. The van der Waals surface area contributed by atoms with E-state index in [9.17, 15) is 0 Å². The van der Waals surface area contributed by atoms with Crippen LogP contribution in [0.1, 0.15) is 0 Å². The van der Waals surface area contributed by atoms with Crippen molar-refractivity contribution in [2.45, 2.75) is 3.41 Å². The van der Waals surface area contributed by atoms with E-state index in [1.54, 1.807) is 0 Å². The van der Waals surface area contributed by atoms with Crippen LogP contribution < -0.4 is 0 Å². The molecule has 2 fully saturated rings. The maximum absolute atomic E-state index is 4.52. The van der Waals surface area contributed by atoms with Crippen LogP contribution in [0.5, 0.6) is 0 Å². The predicted octanol–water partition coefficient (Wildman–Crippen LogP) is 2.90. The summed E-state index contributed by atoms with van der Waals surface area (Å²) in [6, 6.07) is 0. The Kier molecular flexibility index (Phi) is 3.38. The van der Waals surface area contributed by atoms with Gasteiger partial charge in [-0.05, 0) is 0 Å². The Balaban J connectivity index is 2.07. The van der Waals surface area contributed by atoms with E-state index in [0.29, 0.717) is 0 Å². The summed E-state index contributed by atoms with van der Waals surface area (Å²) in [4.78, 5) is 0. The topological polar surface area (TPSA) is 0 Å². The molecule has 0 bridgehead atoms. The molecule has 0 nitrogen and oxygen atoms in total. The van der Waals surface area contributed by atoms with Crippen molar-refractivity contribution in [3.63, 3.8) is 0 Å². The molecule has 7 heteroatoms. The quantitative estimate of drug-likeness (QED) is 0.400. The van der Waals surface area contributed by atoms with Crippen molar-refractivity contribution in [2.75, 3.05) is 17.3 Å². The fraction of sp³-hybridized carbons (Fsp3) is 1.00. The molecule has 0 atom stereocenters. The molecule has 1 spiro atoms. The molecule has 0 aromatic rings. The Labute approximate surface area is 93.8 Å². The van der Waals surface area contributed by atoms with Gasteiger partial charge in [-0.3, -0.25) is 0 Å². The summed E-state index contributed by atoms with van der Waals surface area (Å²) in [5, 5.41) is 0. The van der Waals surface area contributed by atoms with E-state index in [1.165, 1.54) is 11.5 Å². The van der Waals surface area contributed by atoms with Gasteiger partial charge in [-0.15, -0.1) is 0 Å². The molecule has 0 unspecified atom stereocenters. The fourth-order valence-corrected chi connectivity index (χ4v) is 55.3. The molecule has 0 aliphatic carbocycles.